The number of likely N-dealkylation sites (tertiary alicyclic amines) is 2. The highest BCUT2D eigenvalue weighted by Crippen LogP contribution is 2.25. The largest absolute Gasteiger partial charge is 0.352 e. The van der Waals surface area contributed by atoms with Crippen molar-refractivity contribution in [2.75, 3.05) is 26.2 Å². The lowest BCUT2D eigenvalue weighted by Gasteiger charge is -2.43. The van der Waals surface area contributed by atoms with Gasteiger partial charge in [0.15, 0.2) is 0 Å². The summed E-state index contributed by atoms with van der Waals surface area (Å²) in [4.78, 5) is 17.9. The van der Waals surface area contributed by atoms with Crippen LogP contribution in [-0.2, 0) is 11.3 Å². The summed E-state index contributed by atoms with van der Waals surface area (Å²) in [5.41, 5.74) is 3.14. The third-order valence-electron chi connectivity index (χ3n) is 6.29. The van der Waals surface area contributed by atoms with Gasteiger partial charge in [-0.15, -0.1) is 0 Å². The fourth-order valence-electron chi connectivity index (χ4n) is 4.47. The monoisotopic (exact) mass is 361 g/mol. The summed E-state index contributed by atoms with van der Waals surface area (Å²) in [5.74, 6) is 0.328. The first-order chi connectivity index (χ1) is 12.5. The van der Waals surface area contributed by atoms with Crippen LogP contribution in [0.2, 0.25) is 0 Å². The number of H-pyrrole nitrogens is 1. The standard InChI is InChI=1S/C20H35N5O/c1-14(2)24-10-7-18(8-11-24)25-9-5-6-17(13-25)20(26)21-12-19-15(3)22-23-16(19)4/h14,17-18H,5-13H2,1-4H3,(H,21,26)(H,22,23). The minimum Gasteiger partial charge on any atom is -0.352 e. The first kappa shape index (κ1) is 19.4. The summed E-state index contributed by atoms with van der Waals surface area (Å²) in [6, 6.07) is 1.30. The molecular weight excluding hydrogens is 326 g/mol. The Kier molecular flexibility index (Phi) is 6.35. The Labute approximate surface area is 157 Å². The van der Waals surface area contributed by atoms with Crippen LogP contribution < -0.4 is 5.32 Å². The number of nitrogens with one attached hydrogen (secondary N) is 2. The second-order valence-electron chi connectivity index (χ2n) is 8.33. The molecule has 3 rings (SSSR count). The molecule has 1 amide bonds. The van der Waals surface area contributed by atoms with E-state index in [1.165, 1.54) is 25.9 Å². The smallest absolute Gasteiger partial charge is 0.224 e. The number of piperidine rings is 2. The minimum atomic E-state index is 0.124. The molecule has 26 heavy (non-hydrogen) atoms. The minimum absolute atomic E-state index is 0.124. The van der Waals surface area contributed by atoms with E-state index in [2.05, 4.69) is 39.2 Å². The number of carbonyl (C=O) groups is 1. The summed E-state index contributed by atoms with van der Waals surface area (Å²) >= 11 is 0. The van der Waals surface area contributed by atoms with Crippen LogP contribution in [0.4, 0.5) is 0 Å². The van der Waals surface area contributed by atoms with E-state index in [0.717, 1.165) is 42.9 Å². The highest BCUT2D eigenvalue weighted by atomic mass is 16.1. The number of nitrogens with zero attached hydrogens (tertiary/aromatic N) is 3. The molecule has 2 saturated heterocycles. The fraction of sp³-hybridized carbons (Fsp3) is 0.800. The fourth-order valence-corrected chi connectivity index (χ4v) is 4.47. The number of amides is 1. The van der Waals surface area contributed by atoms with Gasteiger partial charge >= 0.3 is 0 Å². The quantitative estimate of drug-likeness (QED) is 0.844. The lowest BCUT2D eigenvalue weighted by molar-refractivity contribution is -0.127. The van der Waals surface area contributed by atoms with E-state index in [1.807, 2.05) is 13.8 Å². The maximum Gasteiger partial charge on any atom is 0.224 e. The lowest BCUT2D eigenvalue weighted by Crippen LogP contribution is -2.51. The molecule has 2 aliphatic rings. The summed E-state index contributed by atoms with van der Waals surface area (Å²) in [5, 5.41) is 10.3. The molecule has 6 heteroatoms. The van der Waals surface area contributed by atoms with Crippen LogP contribution in [0.5, 0.6) is 0 Å². The maximum atomic E-state index is 12.7. The Morgan fingerprint density at radius 1 is 1.23 bits per heavy atom. The SMILES string of the molecule is Cc1n[nH]c(C)c1CNC(=O)C1CCCN(C2CCN(C(C)C)CC2)C1. The van der Waals surface area contributed by atoms with Crippen LogP contribution in [0.3, 0.4) is 0 Å². The Hall–Kier alpha value is -1.40. The van der Waals surface area contributed by atoms with E-state index in [9.17, 15) is 4.79 Å². The summed E-state index contributed by atoms with van der Waals surface area (Å²) in [6.45, 7) is 13.6. The highest BCUT2D eigenvalue weighted by molar-refractivity contribution is 5.79. The second-order valence-corrected chi connectivity index (χ2v) is 8.33. The predicted octanol–water partition coefficient (Wildman–Crippen LogP) is 2.23. The number of hydrogen-bond acceptors (Lipinski definition) is 4. The van der Waals surface area contributed by atoms with Gasteiger partial charge in [-0.3, -0.25) is 14.8 Å². The van der Waals surface area contributed by atoms with Gasteiger partial charge in [-0.05, 0) is 73.0 Å². The van der Waals surface area contributed by atoms with E-state index >= 15 is 0 Å². The molecule has 1 aromatic heterocycles. The van der Waals surface area contributed by atoms with Gasteiger partial charge in [-0.1, -0.05) is 0 Å². The molecule has 0 spiro atoms. The van der Waals surface area contributed by atoms with E-state index in [1.54, 1.807) is 0 Å². The zero-order chi connectivity index (χ0) is 18.7. The van der Waals surface area contributed by atoms with Crippen LogP contribution in [0.15, 0.2) is 0 Å². The predicted molar refractivity (Wildman–Crippen MR) is 104 cm³/mol. The average molecular weight is 362 g/mol. The molecule has 1 atom stereocenters. The van der Waals surface area contributed by atoms with Crippen molar-refractivity contribution in [1.82, 2.24) is 25.3 Å². The molecule has 0 radical (unpaired) electrons. The van der Waals surface area contributed by atoms with E-state index in [4.69, 9.17) is 0 Å². The van der Waals surface area contributed by atoms with Crippen LogP contribution in [-0.4, -0.2) is 64.2 Å². The van der Waals surface area contributed by atoms with Crippen LogP contribution >= 0.6 is 0 Å². The molecule has 2 aliphatic heterocycles. The van der Waals surface area contributed by atoms with E-state index in [0.29, 0.717) is 18.6 Å². The molecule has 2 N–H and O–H groups in total. The van der Waals surface area contributed by atoms with Crippen molar-refractivity contribution in [2.45, 2.75) is 72.0 Å². The Morgan fingerprint density at radius 2 is 1.96 bits per heavy atom. The van der Waals surface area contributed by atoms with Crippen molar-refractivity contribution in [3.8, 4) is 0 Å². The van der Waals surface area contributed by atoms with Crippen LogP contribution in [0.1, 0.15) is 56.5 Å². The van der Waals surface area contributed by atoms with Crippen molar-refractivity contribution in [1.29, 1.82) is 0 Å². The van der Waals surface area contributed by atoms with Gasteiger partial charge < -0.3 is 10.2 Å². The van der Waals surface area contributed by atoms with Crippen LogP contribution in [0.25, 0.3) is 0 Å². The molecular formula is C20H35N5O. The Morgan fingerprint density at radius 3 is 2.58 bits per heavy atom. The third kappa shape index (κ3) is 4.46. The number of aromatic nitrogens is 2. The molecule has 1 unspecified atom stereocenters. The number of carbonyl (C=O) groups excluding carboxylic acids is 1. The Bertz CT molecular complexity index is 584. The first-order valence-corrected chi connectivity index (χ1v) is 10.2. The lowest BCUT2D eigenvalue weighted by atomic mass is 9.93. The normalized spacial score (nSPS) is 23.5. The van der Waals surface area contributed by atoms with Crippen molar-refractivity contribution in [3.05, 3.63) is 17.0 Å². The van der Waals surface area contributed by atoms with Gasteiger partial charge in [0.1, 0.15) is 0 Å². The van der Waals surface area contributed by atoms with Crippen LogP contribution in [0, 0.1) is 19.8 Å². The zero-order valence-electron chi connectivity index (χ0n) is 16.8. The molecule has 0 aliphatic carbocycles. The van der Waals surface area contributed by atoms with Crippen molar-refractivity contribution >= 4 is 5.91 Å². The zero-order valence-corrected chi connectivity index (χ0v) is 16.8. The van der Waals surface area contributed by atoms with Gasteiger partial charge in [0.25, 0.3) is 0 Å². The van der Waals surface area contributed by atoms with Gasteiger partial charge in [0.05, 0.1) is 11.6 Å². The van der Waals surface area contributed by atoms with Gasteiger partial charge in [0, 0.05) is 36.4 Å². The molecule has 0 bridgehead atoms. The molecule has 1 aromatic rings. The average Bonchev–Trinajstić information content (AvgIpc) is 2.97. The number of rotatable bonds is 5. The van der Waals surface area contributed by atoms with Gasteiger partial charge in [-0.25, -0.2) is 0 Å². The third-order valence-corrected chi connectivity index (χ3v) is 6.29. The Balaban J connectivity index is 1.49. The molecule has 0 saturated carbocycles. The number of hydrogen-bond donors (Lipinski definition) is 2. The molecule has 2 fully saturated rings. The molecule has 6 nitrogen and oxygen atoms in total. The van der Waals surface area contributed by atoms with E-state index < -0.39 is 0 Å². The molecule has 3 heterocycles. The molecule has 146 valence electrons. The van der Waals surface area contributed by atoms with Crippen molar-refractivity contribution in [3.63, 3.8) is 0 Å². The number of aromatic amines is 1. The van der Waals surface area contributed by atoms with Gasteiger partial charge in [0.2, 0.25) is 5.91 Å². The highest BCUT2D eigenvalue weighted by Gasteiger charge is 2.32. The van der Waals surface area contributed by atoms with Gasteiger partial charge in [-0.2, -0.15) is 5.10 Å². The summed E-state index contributed by atoms with van der Waals surface area (Å²) in [6.07, 6.45) is 4.61. The van der Waals surface area contributed by atoms with E-state index in [-0.39, 0.29) is 11.8 Å². The summed E-state index contributed by atoms with van der Waals surface area (Å²) in [7, 11) is 0. The first-order valence-electron chi connectivity index (χ1n) is 10.2. The second kappa shape index (κ2) is 8.53. The molecule has 0 aromatic carbocycles. The van der Waals surface area contributed by atoms with Crippen molar-refractivity contribution in [2.24, 2.45) is 5.92 Å². The summed E-state index contributed by atoms with van der Waals surface area (Å²) < 4.78 is 0. The topological polar surface area (TPSA) is 64.3 Å². The van der Waals surface area contributed by atoms with Crippen molar-refractivity contribution < 1.29 is 4.79 Å². The number of aryl methyl sites for hydroxylation is 2. The maximum absolute atomic E-state index is 12.7.